The van der Waals surface area contributed by atoms with Crippen LogP contribution in [-0.2, 0) is 11.3 Å². The Balaban J connectivity index is 2.03. The van der Waals surface area contributed by atoms with E-state index in [1.807, 2.05) is 25.1 Å². The van der Waals surface area contributed by atoms with Gasteiger partial charge in [0.25, 0.3) is 5.91 Å². The Labute approximate surface area is 123 Å². The van der Waals surface area contributed by atoms with Gasteiger partial charge >= 0.3 is 0 Å². The van der Waals surface area contributed by atoms with Crippen LogP contribution < -0.4 is 10.6 Å². The summed E-state index contributed by atoms with van der Waals surface area (Å²) in [7, 11) is 0. The van der Waals surface area contributed by atoms with Gasteiger partial charge in [-0.3, -0.25) is 14.6 Å². The monoisotopic (exact) mass is 283 g/mol. The average Bonchev–Trinajstić information content (AvgIpc) is 2.48. The highest BCUT2D eigenvalue weighted by molar-refractivity contribution is 6.04. The van der Waals surface area contributed by atoms with Gasteiger partial charge in [-0.1, -0.05) is 12.1 Å². The van der Waals surface area contributed by atoms with Crippen LogP contribution in [0.25, 0.3) is 0 Å². The zero-order valence-corrected chi connectivity index (χ0v) is 12.0. The standard InChI is InChI=1S/C16H17N3O2/c1-11-15(4-3-9-17-11)19-16(21)14-7-5-13(6-8-14)10-18-12(2)20/h3-9H,10H2,1-2H3,(H,18,20)(H,19,21). The van der Waals surface area contributed by atoms with Gasteiger partial charge in [-0.15, -0.1) is 0 Å². The molecular formula is C16H17N3O2. The molecule has 0 aliphatic rings. The van der Waals surface area contributed by atoms with Crippen LogP contribution in [0.5, 0.6) is 0 Å². The van der Waals surface area contributed by atoms with Crippen LogP contribution >= 0.6 is 0 Å². The number of nitrogens with one attached hydrogen (secondary N) is 2. The summed E-state index contributed by atoms with van der Waals surface area (Å²) in [4.78, 5) is 27.1. The van der Waals surface area contributed by atoms with Gasteiger partial charge in [0.05, 0.1) is 11.4 Å². The first kappa shape index (κ1) is 14.7. The van der Waals surface area contributed by atoms with Crippen molar-refractivity contribution in [2.45, 2.75) is 20.4 Å². The van der Waals surface area contributed by atoms with Crippen molar-refractivity contribution in [3.8, 4) is 0 Å². The lowest BCUT2D eigenvalue weighted by Crippen LogP contribution is -2.19. The van der Waals surface area contributed by atoms with Crippen molar-refractivity contribution >= 4 is 17.5 Å². The Bertz CT molecular complexity index is 651. The third-order valence-corrected chi connectivity index (χ3v) is 3.01. The largest absolute Gasteiger partial charge is 0.352 e. The van der Waals surface area contributed by atoms with E-state index in [9.17, 15) is 9.59 Å². The van der Waals surface area contributed by atoms with Crippen LogP contribution in [0.3, 0.4) is 0 Å². The summed E-state index contributed by atoms with van der Waals surface area (Å²) in [5.41, 5.74) is 2.97. The van der Waals surface area contributed by atoms with E-state index in [0.717, 1.165) is 11.3 Å². The van der Waals surface area contributed by atoms with E-state index in [0.29, 0.717) is 17.8 Å². The Morgan fingerprint density at radius 1 is 1.14 bits per heavy atom. The summed E-state index contributed by atoms with van der Waals surface area (Å²) in [6.07, 6.45) is 1.68. The van der Waals surface area contributed by atoms with Gasteiger partial charge in [-0.2, -0.15) is 0 Å². The quantitative estimate of drug-likeness (QED) is 0.904. The van der Waals surface area contributed by atoms with Crippen molar-refractivity contribution in [3.63, 3.8) is 0 Å². The van der Waals surface area contributed by atoms with Crippen molar-refractivity contribution in [3.05, 3.63) is 59.4 Å². The van der Waals surface area contributed by atoms with Crippen LogP contribution in [0.4, 0.5) is 5.69 Å². The molecule has 21 heavy (non-hydrogen) atoms. The Morgan fingerprint density at radius 3 is 2.48 bits per heavy atom. The number of hydrogen-bond acceptors (Lipinski definition) is 3. The highest BCUT2D eigenvalue weighted by atomic mass is 16.2. The number of nitrogens with zero attached hydrogens (tertiary/aromatic N) is 1. The van der Waals surface area contributed by atoms with Crippen LogP contribution in [-0.4, -0.2) is 16.8 Å². The fourth-order valence-electron chi connectivity index (χ4n) is 1.81. The highest BCUT2D eigenvalue weighted by Gasteiger charge is 2.07. The van der Waals surface area contributed by atoms with Crippen molar-refractivity contribution in [1.82, 2.24) is 10.3 Å². The topological polar surface area (TPSA) is 71.1 Å². The second-order valence-corrected chi connectivity index (χ2v) is 4.70. The lowest BCUT2D eigenvalue weighted by Gasteiger charge is -2.08. The van der Waals surface area contributed by atoms with Gasteiger partial charge in [0.2, 0.25) is 5.91 Å². The Hall–Kier alpha value is -2.69. The van der Waals surface area contributed by atoms with E-state index in [1.165, 1.54) is 6.92 Å². The number of amides is 2. The van der Waals surface area contributed by atoms with Crippen LogP contribution in [0.2, 0.25) is 0 Å². The van der Waals surface area contributed by atoms with Crippen molar-refractivity contribution in [1.29, 1.82) is 0 Å². The normalized spacial score (nSPS) is 10.0. The zero-order valence-electron chi connectivity index (χ0n) is 12.0. The molecule has 2 aromatic rings. The molecule has 0 atom stereocenters. The fraction of sp³-hybridized carbons (Fsp3) is 0.188. The van der Waals surface area contributed by atoms with E-state index in [2.05, 4.69) is 15.6 Å². The molecule has 2 N–H and O–H groups in total. The van der Waals surface area contributed by atoms with Gasteiger partial charge in [0, 0.05) is 25.2 Å². The van der Waals surface area contributed by atoms with Gasteiger partial charge in [-0.05, 0) is 36.8 Å². The summed E-state index contributed by atoms with van der Waals surface area (Å²) in [5.74, 6) is -0.263. The number of benzene rings is 1. The van der Waals surface area contributed by atoms with Gasteiger partial charge < -0.3 is 10.6 Å². The maximum Gasteiger partial charge on any atom is 0.255 e. The first-order valence-electron chi connectivity index (χ1n) is 6.62. The molecule has 0 radical (unpaired) electrons. The van der Waals surface area contributed by atoms with Crippen LogP contribution in [0.15, 0.2) is 42.6 Å². The first-order valence-corrected chi connectivity index (χ1v) is 6.62. The summed E-state index contributed by atoms with van der Waals surface area (Å²) in [5, 5.41) is 5.54. The number of carbonyl (C=O) groups is 2. The fourth-order valence-corrected chi connectivity index (χ4v) is 1.81. The van der Waals surface area contributed by atoms with E-state index in [-0.39, 0.29) is 11.8 Å². The molecule has 1 aromatic heterocycles. The first-order chi connectivity index (χ1) is 10.1. The van der Waals surface area contributed by atoms with Crippen molar-refractivity contribution < 1.29 is 9.59 Å². The number of aryl methyl sites for hydroxylation is 1. The molecule has 5 heteroatoms. The summed E-state index contributed by atoms with van der Waals surface area (Å²) < 4.78 is 0. The molecular weight excluding hydrogens is 266 g/mol. The Morgan fingerprint density at radius 2 is 1.86 bits per heavy atom. The molecule has 0 saturated heterocycles. The maximum absolute atomic E-state index is 12.1. The van der Waals surface area contributed by atoms with Gasteiger partial charge in [0.1, 0.15) is 0 Å². The molecule has 0 aliphatic carbocycles. The molecule has 0 aliphatic heterocycles. The van der Waals surface area contributed by atoms with Gasteiger partial charge in [0.15, 0.2) is 0 Å². The van der Waals surface area contributed by atoms with E-state index in [1.54, 1.807) is 24.4 Å². The molecule has 1 heterocycles. The molecule has 0 unspecified atom stereocenters. The molecule has 0 bridgehead atoms. The smallest absolute Gasteiger partial charge is 0.255 e. The highest BCUT2D eigenvalue weighted by Crippen LogP contribution is 2.13. The second-order valence-electron chi connectivity index (χ2n) is 4.70. The van der Waals surface area contributed by atoms with Gasteiger partial charge in [-0.25, -0.2) is 0 Å². The molecule has 5 nitrogen and oxygen atoms in total. The maximum atomic E-state index is 12.1. The molecule has 1 aromatic carbocycles. The lowest BCUT2D eigenvalue weighted by atomic mass is 10.1. The van der Waals surface area contributed by atoms with E-state index in [4.69, 9.17) is 0 Å². The third-order valence-electron chi connectivity index (χ3n) is 3.01. The van der Waals surface area contributed by atoms with E-state index < -0.39 is 0 Å². The SMILES string of the molecule is CC(=O)NCc1ccc(C(=O)Nc2cccnc2C)cc1. The minimum atomic E-state index is -0.183. The number of aromatic nitrogens is 1. The predicted molar refractivity (Wildman–Crippen MR) is 80.9 cm³/mol. The zero-order chi connectivity index (χ0) is 15.2. The Kier molecular flexibility index (Phi) is 4.66. The molecule has 0 fully saturated rings. The van der Waals surface area contributed by atoms with Crippen molar-refractivity contribution in [2.24, 2.45) is 0 Å². The minimum absolute atomic E-state index is 0.0797. The number of hydrogen-bond donors (Lipinski definition) is 2. The summed E-state index contributed by atoms with van der Waals surface area (Å²) in [6.45, 7) is 3.77. The van der Waals surface area contributed by atoms with Crippen LogP contribution in [0.1, 0.15) is 28.5 Å². The van der Waals surface area contributed by atoms with E-state index >= 15 is 0 Å². The van der Waals surface area contributed by atoms with Crippen molar-refractivity contribution in [2.75, 3.05) is 5.32 Å². The number of pyridine rings is 1. The number of carbonyl (C=O) groups excluding carboxylic acids is 2. The second kappa shape index (κ2) is 6.65. The third kappa shape index (κ3) is 4.14. The summed E-state index contributed by atoms with van der Waals surface area (Å²) >= 11 is 0. The molecule has 0 spiro atoms. The molecule has 2 rings (SSSR count). The lowest BCUT2D eigenvalue weighted by molar-refractivity contribution is -0.119. The summed E-state index contributed by atoms with van der Waals surface area (Å²) in [6, 6.07) is 10.7. The average molecular weight is 283 g/mol. The van der Waals surface area contributed by atoms with Crippen LogP contribution in [0, 0.1) is 6.92 Å². The predicted octanol–water partition coefficient (Wildman–Crippen LogP) is 2.28. The molecule has 2 amide bonds. The molecule has 108 valence electrons. The number of rotatable bonds is 4. The minimum Gasteiger partial charge on any atom is -0.352 e. The molecule has 0 saturated carbocycles. The number of anilines is 1.